The van der Waals surface area contributed by atoms with E-state index in [2.05, 4.69) is 4.98 Å². The molecular formula is C12H13N3O5. The Balaban J connectivity index is 2.38. The maximum atomic E-state index is 11.7. The number of nitrogens with zero attached hydrogens (tertiary/aromatic N) is 2. The van der Waals surface area contributed by atoms with Crippen LogP contribution in [0.25, 0.3) is 6.08 Å². The van der Waals surface area contributed by atoms with Crippen LogP contribution in [0.4, 0.5) is 0 Å². The highest BCUT2D eigenvalue weighted by molar-refractivity contribution is 5.49. The molecule has 2 heterocycles. The third kappa shape index (κ3) is 2.70. The Labute approximate surface area is 113 Å². The van der Waals surface area contributed by atoms with Crippen molar-refractivity contribution in [3.63, 3.8) is 0 Å². The minimum atomic E-state index is -0.887. The van der Waals surface area contributed by atoms with Gasteiger partial charge in [-0.2, -0.15) is 5.26 Å². The molecular weight excluding hydrogens is 266 g/mol. The maximum absolute atomic E-state index is 11.7. The molecule has 0 bridgehead atoms. The van der Waals surface area contributed by atoms with Gasteiger partial charge >= 0.3 is 5.69 Å². The Kier molecular flexibility index (Phi) is 4.14. The molecule has 0 saturated carbocycles. The number of nitriles is 1. The van der Waals surface area contributed by atoms with Gasteiger partial charge in [0.15, 0.2) is 0 Å². The fourth-order valence-corrected chi connectivity index (χ4v) is 2.01. The van der Waals surface area contributed by atoms with E-state index in [0.29, 0.717) is 0 Å². The lowest BCUT2D eigenvalue weighted by Crippen LogP contribution is -2.33. The summed E-state index contributed by atoms with van der Waals surface area (Å²) in [7, 11) is 0. The van der Waals surface area contributed by atoms with Gasteiger partial charge in [-0.1, -0.05) is 0 Å². The molecule has 1 aliphatic rings. The fourth-order valence-electron chi connectivity index (χ4n) is 2.01. The number of rotatable bonds is 3. The number of aromatic nitrogens is 2. The molecule has 2 rings (SSSR count). The van der Waals surface area contributed by atoms with Gasteiger partial charge in [0.05, 0.1) is 24.3 Å². The number of ether oxygens (including phenoxy) is 1. The van der Waals surface area contributed by atoms with Gasteiger partial charge in [0.1, 0.15) is 12.3 Å². The number of aromatic amines is 1. The average Bonchev–Trinajstić information content (AvgIpc) is 2.79. The van der Waals surface area contributed by atoms with E-state index >= 15 is 0 Å². The van der Waals surface area contributed by atoms with Crippen molar-refractivity contribution in [2.45, 2.75) is 24.9 Å². The van der Waals surface area contributed by atoms with Crippen molar-refractivity contribution >= 4 is 6.08 Å². The first-order valence-electron chi connectivity index (χ1n) is 5.93. The molecule has 1 unspecified atom stereocenters. The number of aliphatic hydroxyl groups excluding tert-OH is 2. The zero-order valence-corrected chi connectivity index (χ0v) is 10.4. The Morgan fingerprint density at radius 2 is 2.35 bits per heavy atom. The van der Waals surface area contributed by atoms with Crippen molar-refractivity contribution in [3.8, 4) is 6.07 Å². The summed E-state index contributed by atoms with van der Waals surface area (Å²) in [6.07, 6.45) is 1.33. The third-order valence-corrected chi connectivity index (χ3v) is 3.03. The Morgan fingerprint density at radius 1 is 1.60 bits per heavy atom. The van der Waals surface area contributed by atoms with Gasteiger partial charge in [-0.25, -0.2) is 4.79 Å². The summed E-state index contributed by atoms with van der Waals surface area (Å²) < 4.78 is 6.46. The van der Waals surface area contributed by atoms with Crippen molar-refractivity contribution in [3.05, 3.63) is 38.7 Å². The topological polar surface area (TPSA) is 128 Å². The molecule has 3 N–H and O–H groups in total. The first-order valence-corrected chi connectivity index (χ1v) is 5.93. The highest BCUT2D eigenvalue weighted by Crippen LogP contribution is 2.27. The predicted molar refractivity (Wildman–Crippen MR) is 67.6 cm³/mol. The predicted octanol–water partition coefficient (Wildman–Crippen LogP) is -1.29. The van der Waals surface area contributed by atoms with Crippen molar-refractivity contribution in [1.29, 1.82) is 5.26 Å². The van der Waals surface area contributed by atoms with E-state index in [-0.39, 0.29) is 18.6 Å². The second-order valence-electron chi connectivity index (χ2n) is 4.33. The molecule has 20 heavy (non-hydrogen) atoms. The van der Waals surface area contributed by atoms with Crippen LogP contribution in [0.15, 0.2) is 21.9 Å². The summed E-state index contributed by atoms with van der Waals surface area (Å²) in [4.78, 5) is 25.4. The summed E-state index contributed by atoms with van der Waals surface area (Å²) in [6, 6.07) is 1.75. The van der Waals surface area contributed by atoms with Gasteiger partial charge in [0.2, 0.25) is 0 Å². The van der Waals surface area contributed by atoms with E-state index in [0.717, 1.165) is 10.6 Å². The van der Waals surface area contributed by atoms with E-state index in [1.54, 1.807) is 6.07 Å². The second kappa shape index (κ2) is 5.83. The molecule has 8 nitrogen and oxygen atoms in total. The average molecular weight is 279 g/mol. The standard InChI is InChI=1S/C12H13N3O5/c13-3-1-2-7-5-15(12(19)14-11(7)18)10-4-8(17)9(6-16)20-10/h1-2,5,8-10,16-17H,4,6H2,(H,14,18,19)/t8?,9-,10-/m0/s1. The molecule has 1 fully saturated rings. The second-order valence-corrected chi connectivity index (χ2v) is 4.33. The van der Waals surface area contributed by atoms with Crippen molar-refractivity contribution in [2.75, 3.05) is 6.61 Å². The Bertz CT molecular complexity index is 669. The molecule has 0 aliphatic carbocycles. The largest absolute Gasteiger partial charge is 0.394 e. The van der Waals surface area contributed by atoms with Gasteiger partial charge < -0.3 is 14.9 Å². The zero-order valence-electron chi connectivity index (χ0n) is 10.4. The van der Waals surface area contributed by atoms with E-state index in [1.165, 1.54) is 12.3 Å². The van der Waals surface area contributed by atoms with E-state index < -0.39 is 29.7 Å². The van der Waals surface area contributed by atoms with Gasteiger partial charge in [-0.15, -0.1) is 0 Å². The highest BCUT2D eigenvalue weighted by Gasteiger charge is 2.35. The normalized spacial score (nSPS) is 25.9. The molecule has 1 saturated heterocycles. The number of hydrogen-bond acceptors (Lipinski definition) is 6. The fraction of sp³-hybridized carbons (Fsp3) is 0.417. The van der Waals surface area contributed by atoms with E-state index in [9.17, 15) is 14.7 Å². The van der Waals surface area contributed by atoms with Gasteiger partial charge in [-0.3, -0.25) is 14.3 Å². The van der Waals surface area contributed by atoms with E-state index in [4.69, 9.17) is 15.1 Å². The molecule has 1 aromatic rings. The van der Waals surface area contributed by atoms with Crippen LogP contribution < -0.4 is 11.2 Å². The lowest BCUT2D eigenvalue weighted by atomic mass is 10.2. The number of aliphatic hydroxyl groups is 2. The monoisotopic (exact) mass is 279 g/mol. The molecule has 0 radical (unpaired) electrons. The lowest BCUT2D eigenvalue weighted by Gasteiger charge is -2.14. The Morgan fingerprint density at radius 3 is 2.95 bits per heavy atom. The first kappa shape index (κ1) is 14.2. The minimum absolute atomic E-state index is 0.122. The third-order valence-electron chi connectivity index (χ3n) is 3.03. The summed E-state index contributed by atoms with van der Waals surface area (Å²) >= 11 is 0. The summed E-state index contributed by atoms with van der Waals surface area (Å²) in [5, 5.41) is 27.1. The molecule has 0 amide bonds. The van der Waals surface area contributed by atoms with Crippen LogP contribution in [0.5, 0.6) is 0 Å². The SMILES string of the molecule is N#CC=Cc1cn([C@@H]2CC(O)[C@H](CO)O2)c(=O)[nH]c1=O. The van der Waals surface area contributed by atoms with Crippen LogP contribution in [0.2, 0.25) is 0 Å². The van der Waals surface area contributed by atoms with Crippen LogP contribution in [0.1, 0.15) is 18.2 Å². The quantitative estimate of drug-likeness (QED) is 0.591. The molecule has 0 aromatic carbocycles. The number of H-pyrrole nitrogens is 1. The van der Waals surface area contributed by atoms with Gasteiger partial charge in [0.25, 0.3) is 5.56 Å². The molecule has 8 heteroatoms. The van der Waals surface area contributed by atoms with Crippen LogP contribution >= 0.6 is 0 Å². The number of nitrogens with one attached hydrogen (secondary N) is 1. The van der Waals surface area contributed by atoms with Gasteiger partial charge in [0, 0.05) is 18.7 Å². The lowest BCUT2D eigenvalue weighted by molar-refractivity contribution is -0.0459. The smallest absolute Gasteiger partial charge is 0.330 e. The Hall–Kier alpha value is -2.21. The summed E-state index contributed by atoms with van der Waals surface area (Å²) in [5.41, 5.74) is -1.17. The minimum Gasteiger partial charge on any atom is -0.394 e. The van der Waals surface area contributed by atoms with Crippen LogP contribution in [-0.2, 0) is 4.74 Å². The van der Waals surface area contributed by atoms with Crippen LogP contribution in [0, 0.1) is 11.3 Å². The molecule has 106 valence electrons. The van der Waals surface area contributed by atoms with E-state index in [1.807, 2.05) is 0 Å². The van der Waals surface area contributed by atoms with Crippen molar-refractivity contribution < 1.29 is 14.9 Å². The van der Waals surface area contributed by atoms with Crippen molar-refractivity contribution in [1.82, 2.24) is 9.55 Å². The molecule has 0 spiro atoms. The highest BCUT2D eigenvalue weighted by atomic mass is 16.5. The van der Waals surface area contributed by atoms with Crippen molar-refractivity contribution in [2.24, 2.45) is 0 Å². The molecule has 1 aromatic heterocycles. The van der Waals surface area contributed by atoms with Crippen LogP contribution in [0.3, 0.4) is 0 Å². The zero-order chi connectivity index (χ0) is 14.7. The number of hydrogen-bond donors (Lipinski definition) is 3. The van der Waals surface area contributed by atoms with Crippen LogP contribution in [-0.4, -0.2) is 38.6 Å². The maximum Gasteiger partial charge on any atom is 0.330 e. The summed E-state index contributed by atoms with van der Waals surface area (Å²) in [6.45, 7) is -0.364. The molecule has 1 aliphatic heterocycles. The molecule has 3 atom stereocenters. The van der Waals surface area contributed by atoms with Gasteiger partial charge in [-0.05, 0) is 6.08 Å². The summed E-state index contributed by atoms with van der Waals surface area (Å²) in [5.74, 6) is 0. The first-order chi connectivity index (χ1) is 9.56. The number of allylic oxidation sites excluding steroid dienone is 1.